The molecule has 33 heavy (non-hydrogen) atoms. The Morgan fingerprint density at radius 3 is 2.36 bits per heavy atom. The predicted molar refractivity (Wildman–Crippen MR) is 137 cm³/mol. The van der Waals surface area contributed by atoms with Gasteiger partial charge >= 0.3 is 0 Å². The van der Waals surface area contributed by atoms with E-state index in [1.54, 1.807) is 40.5 Å². The van der Waals surface area contributed by atoms with Gasteiger partial charge in [-0.3, -0.25) is 9.59 Å². The molecule has 174 valence electrons. The molecule has 2 amide bonds. The van der Waals surface area contributed by atoms with Crippen molar-refractivity contribution >= 4 is 34.8 Å². The highest BCUT2D eigenvalue weighted by molar-refractivity contribution is 7.11. The van der Waals surface area contributed by atoms with Crippen molar-refractivity contribution in [2.45, 2.75) is 40.3 Å². The Kier molecular flexibility index (Phi) is 9.10. The summed E-state index contributed by atoms with van der Waals surface area (Å²) in [6, 6.07) is 21.0. The van der Waals surface area contributed by atoms with Gasteiger partial charge in [0.05, 0.1) is 6.54 Å². The van der Waals surface area contributed by atoms with Crippen molar-refractivity contribution in [2.24, 2.45) is 5.92 Å². The average Bonchev–Trinajstić information content (AvgIpc) is 3.22. The van der Waals surface area contributed by atoms with Crippen LogP contribution in [0.3, 0.4) is 0 Å². The topological polar surface area (TPSA) is 40.6 Å². The number of aryl methyl sites for hydroxylation is 1. The van der Waals surface area contributed by atoms with Crippen molar-refractivity contribution in [3.05, 3.63) is 92.6 Å². The molecule has 0 fully saturated rings. The fraction of sp³-hybridized carbons (Fsp3) is 0.333. The normalized spacial score (nSPS) is 11.8. The quantitative estimate of drug-likeness (QED) is 0.334. The van der Waals surface area contributed by atoms with Gasteiger partial charge in [-0.1, -0.05) is 68.3 Å². The van der Waals surface area contributed by atoms with E-state index in [1.165, 1.54) is 4.88 Å². The first-order valence-electron chi connectivity index (χ1n) is 11.3. The van der Waals surface area contributed by atoms with E-state index >= 15 is 0 Å². The van der Waals surface area contributed by atoms with E-state index in [2.05, 4.69) is 32.9 Å². The first-order valence-corrected chi connectivity index (χ1v) is 12.5. The number of amides is 2. The van der Waals surface area contributed by atoms with Crippen molar-refractivity contribution < 1.29 is 9.59 Å². The van der Waals surface area contributed by atoms with Gasteiger partial charge in [0.25, 0.3) is 5.91 Å². The third-order valence-electron chi connectivity index (χ3n) is 5.63. The molecule has 6 heteroatoms. The SMILES string of the molecule is CCC(C)CN(CC(=O)N(Cc1ccccc1)Cc1ccc(C)s1)C(=O)c1cccc(Cl)c1. The molecule has 1 aromatic heterocycles. The highest BCUT2D eigenvalue weighted by atomic mass is 35.5. The standard InChI is InChI=1S/C27H31ClN2O2S/c1-4-20(2)16-30(27(32)23-11-8-12-24(28)15-23)19-26(31)29(17-22-9-6-5-7-10-22)18-25-14-13-21(3)33-25/h5-15,20H,4,16-19H2,1-3H3. The van der Waals surface area contributed by atoms with Gasteiger partial charge in [0, 0.05) is 33.4 Å². The highest BCUT2D eigenvalue weighted by Gasteiger charge is 2.24. The number of rotatable bonds is 10. The molecule has 1 heterocycles. The zero-order chi connectivity index (χ0) is 23.8. The summed E-state index contributed by atoms with van der Waals surface area (Å²) in [6.07, 6.45) is 0.926. The molecule has 0 aliphatic heterocycles. The molecule has 0 aliphatic rings. The summed E-state index contributed by atoms with van der Waals surface area (Å²) in [4.78, 5) is 32.7. The van der Waals surface area contributed by atoms with E-state index in [0.29, 0.717) is 30.2 Å². The Morgan fingerprint density at radius 2 is 1.73 bits per heavy atom. The zero-order valence-corrected chi connectivity index (χ0v) is 21.0. The molecule has 0 aliphatic carbocycles. The number of hydrogen-bond acceptors (Lipinski definition) is 3. The monoisotopic (exact) mass is 482 g/mol. The average molecular weight is 483 g/mol. The van der Waals surface area contributed by atoms with Gasteiger partial charge in [0.15, 0.2) is 0 Å². The van der Waals surface area contributed by atoms with E-state index in [1.807, 2.05) is 35.2 Å². The molecule has 1 unspecified atom stereocenters. The van der Waals surface area contributed by atoms with Crippen LogP contribution < -0.4 is 0 Å². The minimum atomic E-state index is -0.169. The third kappa shape index (κ3) is 7.44. The van der Waals surface area contributed by atoms with E-state index in [4.69, 9.17) is 11.6 Å². The smallest absolute Gasteiger partial charge is 0.254 e. The van der Waals surface area contributed by atoms with Crippen molar-refractivity contribution in [1.29, 1.82) is 0 Å². The maximum atomic E-state index is 13.6. The first-order chi connectivity index (χ1) is 15.9. The predicted octanol–water partition coefficient (Wildman–Crippen LogP) is 6.43. The van der Waals surface area contributed by atoms with E-state index < -0.39 is 0 Å². The van der Waals surface area contributed by atoms with Gasteiger partial charge in [-0.25, -0.2) is 0 Å². The molecule has 0 radical (unpaired) electrons. The summed E-state index contributed by atoms with van der Waals surface area (Å²) in [6.45, 7) is 7.83. The first kappa shape index (κ1) is 25.0. The molecule has 0 bridgehead atoms. The van der Waals surface area contributed by atoms with Crippen LogP contribution in [-0.2, 0) is 17.9 Å². The van der Waals surface area contributed by atoms with Crippen molar-refractivity contribution in [3.63, 3.8) is 0 Å². The Hall–Kier alpha value is -2.63. The van der Waals surface area contributed by atoms with Crippen LogP contribution in [0.1, 0.15) is 45.9 Å². The fourth-order valence-corrected chi connectivity index (χ4v) is 4.68. The summed E-state index contributed by atoms with van der Waals surface area (Å²) in [5, 5.41) is 0.509. The number of carbonyl (C=O) groups is 2. The summed E-state index contributed by atoms with van der Waals surface area (Å²) in [5.74, 6) is 0.0461. The number of benzene rings is 2. The summed E-state index contributed by atoms with van der Waals surface area (Å²) >= 11 is 7.81. The van der Waals surface area contributed by atoms with Crippen LogP contribution in [0.4, 0.5) is 0 Å². The van der Waals surface area contributed by atoms with Crippen molar-refractivity contribution in [2.75, 3.05) is 13.1 Å². The van der Waals surface area contributed by atoms with Gasteiger partial charge in [0.1, 0.15) is 6.54 Å². The Bertz CT molecular complexity index is 1070. The van der Waals surface area contributed by atoms with Crippen LogP contribution >= 0.6 is 22.9 Å². The lowest BCUT2D eigenvalue weighted by molar-refractivity contribution is -0.133. The van der Waals surface area contributed by atoms with E-state index in [0.717, 1.165) is 16.9 Å². The number of nitrogens with zero attached hydrogens (tertiary/aromatic N) is 2. The highest BCUT2D eigenvalue weighted by Crippen LogP contribution is 2.20. The molecule has 3 aromatic rings. The van der Waals surface area contributed by atoms with Crippen molar-refractivity contribution in [3.8, 4) is 0 Å². The Morgan fingerprint density at radius 1 is 0.970 bits per heavy atom. The third-order valence-corrected chi connectivity index (χ3v) is 6.85. The molecule has 2 aromatic carbocycles. The molecule has 0 N–H and O–H groups in total. The van der Waals surface area contributed by atoms with Crippen LogP contribution in [0.15, 0.2) is 66.7 Å². The van der Waals surface area contributed by atoms with Crippen LogP contribution in [0.5, 0.6) is 0 Å². The largest absolute Gasteiger partial charge is 0.332 e. The maximum Gasteiger partial charge on any atom is 0.254 e. The molecular weight excluding hydrogens is 452 g/mol. The van der Waals surface area contributed by atoms with Crippen molar-refractivity contribution in [1.82, 2.24) is 9.80 Å². The molecule has 4 nitrogen and oxygen atoms in total. The van der Waals surface area contributed by atoms with Crippen LogP contribution in [-0.4, -0.2) is 34.7 Å². The van der Waals surface area contributed by atoms with Crippen LogP contribution in [0.2, 0.25) is 5.02 Å². The van der Waals surface area contributed by atoms with Gasteiger partial charge in [-0.05, 0) is 48.7 Å². The van der Waals surface area contributed by atoms with Gasteiger partial charge < -0.3 is 9.80 Å². The van der Waals surface area contributed by atoms with Gasteiger partial charge in [0.2, 0.25) is 5.91 Å². The Labute approximate surface area is 205 Å². The number of halogens is 1. The molecule has 0 spiro atoms. The second-order valence-electron chi connectivity index (χ2n) is 8.46. The minimum absolute atomic E-state index is 0.0346. The minimum Gasteiger partial charge on any atom is -0.332 e. The Balaban J connectivity index is 1.83. The second-order valence-corrected chi connectivity index (χ2v) is 10.3. The maximum absolute atomic E-state index is 13.6. The summed E-state index contributed by atoms with van der Waals surface area (Å²) in [7, 11) is 0. The second kappa shape index (κ2) is 12.0. The van der Waals surface area contributed by atoms with Gasteiger partial charge in [-0.2, -0.15) is 0 Å². The molecule has 1 atom stereocenters. The van der Waals surface area contributed by atoms with Crippen LogP contribution in [0.25, 0.3) is 0 Å². The lowest BCUT2D eigenvalue weighted by Crippen LogP contribution is -2.44. The number of thiophene rings is 1. The van der Waals surface area contributed by atoms with Gasteiger partial charge in [-0.15, -0.1) is 11.3 Å². The number of hydrogen-bond donors (Lipinski definition) is 0. The molecule has 0 saturated heterocycles. The lowest BCUT2D eigenvalue weighted by Gasteiger charge is -2.29. The van der Waals surface area contributed by atoms with E-state index in [-0.39, 0.29) is 24.3 Å². The summed E-state index contributed by atoms with van der Waals surface area (Å²) in [5.41, 5.74) is 1.57. The lowest BCUT2D eigenvalue weighted by atomic mass is 10.1. The molecule has 0 saturated carbocycles. The number of carbonyl (C=O) groups excluding carboxylic acids is 2. The molecule has 3 rings (SSSR count). The zero-order valence-electron chi connectivity index (χ0n) is 19.5. The summed E-state index contributed by atoms with van der Waals surface area (Å²) < 4.78 is 0. The van der Waals surface area contributed by atoms with Crippen LogP contribution in [0, 0.1) is 12.8 Å². The molecular formula is C27H31ClN2O2S. The van der Waals surface area contributed by atoms with E-state index in [9.17, 15) is 9.59 Å². The fourth-order valence-electron chi connectivity index (χ4n) is 3.59.